The number of anilines is 1. The topological polar surface area (TPSA) is 132 Å². The summed E-state index contributed by atoms with van der Waals surface area (Å²) in [6.45, 7) is 1.88. The first-order chi connectivity index (χ1) is 17.1. The van der Waals surface area contributed by atoms with E-state index in [1.165, 1.54) is 22.5 Å². The molecule has 2 N–H and O–H groups in total. The van der Waals surface area contributed by atoms with Gasteiger partial charge in [0, 0.05) is 6.07 Å². The third-order valence-corrected chi connectivity index (χ3v) is 6.30. The Morgan fingerprint density at radius 3 is 2.40 bits per heavy atom. The van der Waals surface area contributed by atoms with Crippen molar-refractivity contribution in [3.8, 4) is 28.6 Å². The minimum absolute atomic E-state index is 0.281. The molecule has 35 heavy (non-hydrogen) atoms. The Bertz CT molecular complexity index is 1480. The second kappa shape index (κ2) is 9.85. The Balaban J connectivity index is 1.36. The van der Waals surface area contributed by atoms with Gasteiger partial charge in [-0.15, -0.1) is 10.2 Å². The van der Waals surface area contributed by atoms with E-state index in [1.807, 2.05) is 25.1 Å². The van der Waals surface area contributed by atoms with Crippen molar-refractivity contribution in [2.24, 2.45) is 0 Å². The number of amides is 1. The first-order valence-electron chi connectivity index (χ1n) is 10.8. The number of hydrogen-bond acceptors (Lipinski definition) is 8. The number of furan rings is 2. The standard InChI is InChI=1S/C24H20N6O4S/c1-2-18(23(32)25-19-14-20(31)30(29-19)15-8-4-3-5-9-15)35-24-26-21(16-10-6-12-33-16)22(27-28-24)17-11-7-13-34-17/h3-14,18,29H,2H2,1H3,(H,25,32). The van der Waals surface area contributed by atoms with E-state index in [-0.39, 0.29) is 11.5 Å². The van der Waals surface area contributed by atoms with Crippen molar-refractivity contribution in [1.29, 1.82) is 0 Å². The van der Waals surface area contributed by atoms with Crippen LogP contribution >= 0.6 is 11.8 Å². The lowest BCUT2D eigenvalue weighted by atomic mass is 10.2. The minimum Gasteiger partial charge on any atom is -0.463 e. The van der Waals surface area contributed by atoms with Crippen LogP contribution in [0.15, 0.2) is 92.0 Å². The molecule has 1 atom stereocenters. The van der Waals surface area contributed by atoms with E-state index >= 15 is 0 Å². The number of thioether (sulfide) groups is 1. The van der Waals surface area contributed by atoms with Crippen LogP contribution in [0.4, 0.5) is 5.82 Å². The Morgan fingerprint density at radius 2 is 1.74 bits per heavy atom. The first-order valence-corrected chi connectivity index (χ1v) is 11.7. The number of carbonyl (C=O) groups excluding carboxylic acids is 1. The molecule has 0 aliphatic rings. The van der Waals surface area contributed by atoms with Crippen molar-refractivity contribution < 1.29 is 13.6 Å². The van der Waals surface area contributed by atoms with Gasteiger partial charge in [0.05, 0.1) is 23.5 Å². The number of para-hydroxylation sites is 1. The van der Waals surface area contributed by atoms with Crippen molar-refractivity contribution in [2.45, 2.75) is 23.8 Å². The van der Waals surface area contributed by atoms with Crippen LogP contribution in [0, 0.1) is 0 Å². The smallest absolute Gasteiger partial charge is 0.273 e. The summed E-state index contributed by atoms with van der Waals surface area (Å²) in [6.07, 6.45) is 3.58. The highest BCUT2D eigenvalue weighted by molar-refractivity contribution is 8.00. The van der Waals surface area contributed by atoms with E-state index in [1.54, 1.807) is 48.9 Å². The maximum atomic E-state index is 13.0. The van der Waals surface area contributed by atoms with E-state index in [0.717, 1.165) is 0 Å². The number of carbonyl (C=O) groups is 1. The normalized spacial score (nSPS) is 11.9. The molecule has 4 aromatic heterocycles. The predicted octanol–water partition coefficient (Wildman–Crippen LogP) is 4.38. The first kappa shape index (κ1) is 22.4. The summed E-state index contributed by atoms with van der Waals surface area (Å²) in [5.74, 6) is 1.01. The number of hydrogen-bond donors (Lipinski definition) is 2. The number of rotatable bonds is 8. The summed E-state index contributed by atoms with van der Waals surface area (Å²) in [7, 11) is 0. The summed E-state index contributed by atoms with van der Waals surface area (Å²) < 4.78 is 12.3. The number of nitrogens with one attached hydrogen (secondary N) is 2. The highest BCUT2D eigenvalue weighted by Crippen LogP contribution is 2.32. The van der Waals surface area contributed by atoms with Crippen molar-refractivity contribution in [3.63, 3.8) is 0 Å². The van der Waals surface area contributed by atoms with Gasteiger partial charge in [0.15, 0.2) is 17.2 Å². The second-order valence-electron chi connectivity index (χ2n) is 7.43. The lowest BCUT2D eigenvalue weighted by molar-refractivity contribution is -0.115. The quantitative estimate of drug-likeness (QED) is 0.308. The Labute approximate surface area is 203 Å². The molecule has 11 heteroatoms. The monoisotopic (exact) mass is 488 g/mol. The molecule has 176 valence electrons. The van der Waals surface area contributed by atoms with Gasteiger partial charge in [-0.2, -0.15) is 0 Å². The molecular weight excluding hydrogens is 468 g/mol. The molecule has 5 aromatic rings. The van der Waals surface area contributed by atoms with Crippen molar-refractivity contribution >= 4 is 23.5 Å². The summed E-state index contributed by atoms with van der Waals surface area (Å²) in [5, 5.41) is 14.0. The lowest BCUT2D eigenvalue weighted by Crippen LogP contribution is -2.25. The lowest BCUT2D eigenvalue weighted by Gasteiger charge is -2.13. The average molecular weight is 489 g/mol. The summed E-state index contributed by atoms with van der Waals surface area (Å²) in [5.41, 5.74) is 1.28. The molecule has 0 fully saturated rings. The maximum Gasteiger partial charge on any atom is 0.273 e. The van der Waals surface area contributed by atoms with Crippen molar-refractivity contribution in [1.82, 2.24) is 25.0 Å². The molecule has 1 unspecified atom stereocenters. The molecule has 1 amide bonds. The van der Waals surface area contributed by atoms with Crippen LogP contribution < -0.4 is 10.9 Å². The average Bonchev–Trinajstić information content (AvgIpc) is 3.65. The molecular formula is C24H20N6O4S. The second-order valence-corrected chi connectivity index (χ2v) is 8.60. The fourth-order valence-corrected chi connectivity index (χ4v) is 4.24. The van der Waals surface area contributed by atoms with Gasteiger partial charge in [-0.3, -0.25) is 14.7 Å². The summed E-state index contributed by atoms with van der Waals surface area (Å²) in [6, 6.07) is 17.5. The molecule has 0 saturated heterocycles. The van der Waals surface area contributed by atoms with Gasteiger partial charge in [-0.05, 0) is 42.8 Å². The molecule has 4 heterocycles. The number of nitrogens with zero attached hydrogens (tertiary/aromatic N) is 4. The van der Waals surface area contributed by atoms with Crippen LogP contribution in [0.3, 0.4) is 0 Å². The molecule has 0 aliphatic heterocycles. The predicted molar refractivity (Wildman–Crippen MR) is 130 cm³/mol. The van der Waals surface area contributed by atoms with Crippen LogP contribution in [0.5, 0.6) is 0 Å². The zero-order valence-electron chi connectivity index (χ0n) is 18.5. The minimum atomic E-state index is -0.528. The molecule has 0 saturated carbocycles. The van der Waals surface area contributed by atoms with Crippen LogP contribution in [0.25, 0.3) is 28.6 Å². The van der Waals surface area contributed by atoms with Crippen LogP contribution in [-0.2, 0) is 4.79 Å². The molecule has 0 aliphatic carbocycles. The highest BCUT2D eigenvalue weighted by atomic mass is 32.2. The highest BCUT2D eigenvalue weighted by Gasteiger charge is 2.23. The SMILES string of the molecule is CCC(Sc1nnc(-c2ccco2)c(-c2ccco2)n1)C(=O)Nc1cc(=O)n(-c2ccccc2)[nH]1. The summed E-state index contributed by atoms with van der Waals surface area (Å²) in [4.78, 5) is 30.0. The fraction of sp³-hybridized carbons (Fsp3) is 0.125. The molecule has 10 nitrogen and oxygen atoms in total. The van der Waals surface area contributed by atoms with Crippen LogP contribution in [0.2, 0.25) is 0 Å². The third-order valence-electron chi connectivity index (χ3n) is 5.08. The van der Waals surface area contributed by atoms with E-state index in [2.05, 4.69) is 25.6 Å². The van der Waals surface area contributed by atoms with Gasteiger partial charge in [0.25, 0.3) is 5.56 Å². The molecule has 5 rings (SSSR count). The van der Waals surface area contributed by atoms with Crippen LogP contribution in [-0.4, -0.2) is 36.1 Å². The van der Waals surface area contributed by atoms with E-state index in [4.69, 9.17) is 8.83 Å². The van der Waals surface area contributed by atoms with E-state index < -0.39 is 5.25 Å². The maximum absolute atomic E-state index is 13.0. The number of aromatic nitrogens is 5. The van der Waals surface area contributed by atoms with Gasteiger partial charge in [-0.25, -0.2) is 9.67 Å². The molecule has 1 aromatic carbocycles. The fourth-order valence-electron chi connectivity index (χ4n) is 3.42. The number of benzene rings is 1. The van der Waals surface area contributed by atoms with E-state index in [0.29, 0.717) is 46.0 Å². The largest absolute Gasteiger partial charge is 0.463 e. The molecule has 0 bridgehead atoms. The third kappa shape index (κ3) is 4.80. The van der Waals surface area contributed by atoms with Crippen LogP contribution in [0.1, 0.15) is 13.3 Å². The molecule has 0 radical (unpaired) electrons. The van der Waals surface area contributed by atoms with E-state index in [9.17, 15) is 9.59 Å². The zero-order chi connectivity index (χ0) is 24.2. The van der Waals surface area contributed by atoms with Gasteiger partial charge in [-0.1, -0.05) is 36.9 Å². The van der Waals surface area contributed by atoms with Crippen molar-refractivity contribution in [3.05, 3.63) is 83.5 Å². The zero-order valence-corrected chi connectivity index (χ0v) is 19.4. The number of H-pyrrole nitrogens is 1. The molecule has 0 spiro atoms. The number of aromatic amines is 1. The Kier molecular flexibility index (Phi) is 6.31. The Hall–Kier alpha value is -4.38. The Morgan fingerprint density at radius 1 is 1.03 bits per heavy atom. The van der Waals surface area contributed by atoms with Gasteiger partial charge in [0.1, 0.15) is 11.5 Å². The van der Waals surface area contributed by atoms with Gasteiger partial charge < -0.3 is 14.2 Å². The van der Waals surface area contributed by atoms with Crippen molar-refractivity contribution in [2.75, 3.05) is 5.32 Å². The summed E-state index contributed by atoms with van der Waals surface area (Å²) >= 11 is 1.17. The van der Waals surface area contributed by atoms with Gasteiger partial charge in [0.2, 0.25) is 11.1 Å². The van der Waals surface area contributed by atoms with Gasteiger partial charge >= 0.3 is 0 Å².